The van der Waals surface area contributed by atoms with Crippen molar-refractivity contribution in [2.75, 3.05) is 4.90 Å². The molecule has 8 aromatic carbocycles. The standard InChI is InChI=1S/C55H43N/c1-53(2)45-23-10-8-21-41(45)43-31-29-39(34-51(43)53)56(38-20-16-19-37(33-38)36-17-6-5-7-18-36)40-30-32-44-42-22-9-11-24-46(42)55(52(44)35-40)49-27-14-12-25-47(49)54(3,4)48-26-13-15-28-50(48)55/h5-35H,1-4H3. The van der Waals surface area contributed by atoms with Crippen LogP contribution in [0.2, 0.25) is 0 Å². The summed E-state index contributed by atoms with van der Waals surface area (Å²) < 4.78 is 0. The number of anilines is 3. The highest BCUT2D eigenvalue weighted by atomic mass is 15.1. The number of rotatable bonds is 4. The smallest absolute Gasteiger partial charge is 0.0720 e. The highest BCUT2D eigenvalue weighted by Gasteiger charge is 2.53. The third-order valence-corrected chi connectivity index (χ3v) is 13.3. The summed E-state index contributed by atoms with van der Waals surface area (Å²) in [4.78, 5) is 2.49. The Kier molecular flexibility index (Phi) is 6.93. The van der Waals surface area contributed by atoms with E-state index in [0.29, 0.717) is 0 Å². The van der Waals surface area contributed by atoms with E-state index in [1.807, 2.05) is 0 Å². The fourth-order valence-corrected chi connectivity index (χ4v) is 10.7. The maximum absolute atomic E-state index is 2.52. The minimum Gasteiger partial charge on any atom is -0.310 e. The van der Waals surface area contributed by atoms with E-state index in [9.17, 15) is 0 Å². The summed E-state index contributed by atoms with van der Waals surface area (Å²) in [5.41, 5.74) is 21.4. The lowest BCUT2D eigenvalue weighted by molar-refractivity contribution is 0.563. The lowest BCUT2D eigenvalue weighted by Crippen LogP contribution is -2.40. The van der Waals surface area contributed by atoms with Gasteiger partial charge in [0.05, 0.1) is 5.41 Å². The van der Waals surface area contributed by atoms with Crippen LogP contribution in [-0.4, -0.2) is 0 Å². The van der Waals surface area contributed by atoms with Crippen LogP contribution < -0.4 is 4.90 Å². The first-order valence-corrected chi connectivity index (χ1v) is 19.9. The Morgan fingerprint density at radius 3 is 1.36 bits per heavy atom. The van der Waals surface area contributed by atoms with Crippen molar-refractivity contribution in [3.8, 4) is 33.4 Å². The average Bonchev–Trinajstić information content (AvgIpc) is 3.66. The van der Waals surface area contributed by atoms with Gasteiger partial charge < -0.3 is 4.90 Å². The Balaban J connectivity index is 1.19. The molecular weight excluding hydrogens is 675 g/mol. The van der Waals surface area contributed by atoms with E-state index in [2.05, 4.69) is 221 Å². The van der Waals surface area contributed by atoms with Gasteiger partial charge in [0.25, 0.3) is 0 Å². The van der Waals surface area contributed by atoms with Gasteiger partial charge in [-0.05, 0) is 114 Å². The Hall–Kier alpha value is -6.44. The SMILES string of the molecule is CC1(C)c2ccccc2-c2ccc(N(c3cccc(-c4ccccc4)c3)c3ccc4c(c3)C3(c5ccccc5-4)c4ccccc4C(C)(C)c4ccccc43)cc21. The maximum atomic E-state index is 2.52. The largest absolute Gasteiger partial charge is 0.310 e. The summed E-state index contributed by atoms with van der Waals surface area (Å²) in [6.45, 7) is 9.53. The number of hydrogen-bond acceptors (Lipinski definition) is 1. The summed E-state index contributed by atoms with van der Waals surface area (Å²) in [5, 5.41) is 0. The molecule has 0 radical (unpaired) electrons. The zero-order valence-corrected chi connectivity index (χ0v) is 32.3. The fraction of sp³-hybridized carbons (Fsp3) is 0.127. The predicted molar refractivity (Wildman–Crippen MR) is 234 cm³/mol. The molecule has 0 saturated heterocycles. The fourth-order valence-electron chi connectivity index (χ4n) is 10.7. The molecule has 268 valence electrons. The first-order chi connectivity index (χ1) is 27.3. The average molecular weight is 718 g/mol. The predicted octanol–water partition coefficient (Wildman–Crippen LogP) is 14.1. The summed E-state index contributed by atoms with van der Waals surface area (Å²) in [6.07, 6.45) is 0. The van der Waals surface area contributed by atoms with Crippen LogP contribution >= 0.6 is 0 Å². The van der Waals surface area contributed by atoms with E-state index < -0.39 is 5.41 Å². The zero-order chi connectivity index (χ0) is 37.8. The summed E-state index contributed by atoms with van der Waals surface area (Å²) in [5.74, 6) is 0. The molecule has 0 fully saturated rings. The maximum Gasteiger partial charge on any atom is 0.0720 e. The van der Waals surface area contributed by atoms with Crippen molar-refractivity contribution in [3.63, 3.8) is 0 Å². The monoisotopic (exact) mass is 717 g/mol. The molecule has 0 heterocycles. The molecule has 11 rings (SSSR count). The van der Waals surface area contributed by atoms with Gasteiger partial charge in [-0.2, -0.15) is 0 Å². The van der Waals surface area contributed by atoms with Crippen molar-refractivity contribution in [2.45, 2.75) is 43.9 Å². The first-order valence-electron chi connectivity index (χ1n) is 19.9. The van der Waals surface area contributed by atoms with E-state index >= 15 is 0 Å². The summed E-state index contributed by atoms with van der Waals surface area (Å²) in [7, 11) is 0. The van der Waals surface area contributed by atoms with Crippen LogP contribution in [-0.2, 0) is 16.2 Å². The van der Waals surface area contributed by atoms with Gasteiger partial charge >= 0.3 is 0 Å². The number of nitrogens with zero attached hydrogens (tertiary/aromatic N) is 1. The van der Waals surface area contributed by atoms with Gasteiger partial charge in [0.1, 0.15) is 0 Å². The van der Waals surface area contributed by atoms with Crippen LogP contribution in [0.25, 0.3) is 33.4 Å². The van der Waals surface area contributed by atoms with Gasteiger partial charge in [-0.1, -0.05) is 179 Å². The van der Waals surface area contributed by atoms with E-state index in [-0.39, 0.29) is 10.8 Å². The molecule has 1 spiro atoms. The van der Waals surface area contributed by atoms with Crippen molar-refractivity contribution in [2.24, 2.45) is 0 Å². The minimum atomic E-state index is -0.468. The second-order valence-electron chi connectivity index (χ2n) is 16.9. The lowest BCUT2D eigenvalue weighted by Gasteiger charge is -2.46. The van der Waals surface area contributed by atoms with Crippen LogP contribution in [0, 0.1) is 0 Å². The number of benzene rings is 8. The second kappa shape index (κ2) is 11.8. The molecule has 0 unspecified atom stereocenters. The third kappa shape index (κ3) is 4.37. The van der Waals surface area contributed by atoms with Crippen molar-refractivity contribution in [3.05, 3.63) is 233 Å². The Morgan fingerprint density at radius 2 is 0.714 bits per heavy atom. The topological polar surface area (TPSA) is 3.24 Å². The molecule has 8 aromatic rings. The Morgan fingerprint density at radius 1 is 0.286 bits per heavy atom. The van der Waals surface area contributed by atoms with Crippen molar-refractivity contribution in [1.82, 2.24) is 0 Å². The molecule has 0 N–H and O–H groups in total. The molecule has 0 amide bonds. The molecule has 3 aliphatic carbocycles. The second-order valence-corrected chi connectivity index (χ2v) is 16.9. The molecule has 1 nitrogen and oxygen atoms in total. The highest BCUT2D eigenvalue weighted by molar-refractivity contribution is 5.92. The Bertz CT molecular complexity index is 2820. The molecule has 0 aliphatic heterocycles. The van der Waals surface area contributed by atoms with E-state index in [4.69, 9.17) is 0 Å². The number of fused-ring (bicyclic) bond motifs is 12. The lowest BCUT2D eigenvalue weighted by atomic mass is 9.55. The van der Waals surface area contributed by atoms with Gasteiger partial charge in [-0.15, -0.1) is 0 Å². The van der Waals surface area contributed by atoms with Crippen LogP contribution in [0.3, 0.4) is 0 Å². The molecule has 0 atom stereocenters. The number of hydrogen-bond donors (Lipinski definition) is 0. The van der Waals surface area contributed by atoms with Crippen molar-refractivity contribution >= 4 is 17.1 Å². The van der Waals surface area contributed by atoms with Crippen LogP contribution in [0.4, 0.5) is 17.1 Å². The van der Waals surface area contributed by atoms with Crippen LogP contribution in [0.1, 0.15) is 72.2 Å². The molecule has 3 aliphatic rings. The molecule has 0 bridgehead atoms. The van der Waals surface area contributed by atoms with Gasteiger partial charge in [0, 0.05) is 27.9 Å². The van der Waals surface area contributed by atoms with E-state index in [1.165, 1.54) is 77.9 Å². The van der Waals surface area contributed by atoms with Crippen molar-refractivity contribution < 1.29 is 0 Å². The molecule has 0 aromatic heterocycles. The first kappa shape index (κ1) is 32.9. The quantitative estimate of drug-likeness (QED) is 0.175. The minimum absolute atomic E-state index is 0.120. The van der Waals surface area contributed by atoms with Crippen LogP contribution in [0.15, 0.2) is 188 Å². The van der Waals surface area contributed by atoms with E-state index in [1.54, 1.807) is 0 Å². The van der Waals surface area contributed by atoms with Gasteiger partial charge in [0.2, 0.25) is 0 Å². The summed E-state index contributed by atoms with van der Waals surface area (Å²) in [6, 6.07) is 70.7. The van der Waals surface area contributed by atoms with Gasteiger partial charge in [-0.3, -0.25) is 0 Å². The highest BCUT2D eigenvalue weighted by Crippen LogP contribution is 2.63. The molecule has 0 saturated carbocycles. The third-order valence-electron chi connectivity index (χ3n) is 13.3. The zero-order valence-electron chi connectivity index (χ0n) is 32.3. The van der Waals surface area contributed by atoms with Crippen molar-refractivity contribution in [1.29, 1.82) is 0 Å². The van der Waals surface area contributed by atoms with Crippen LogP contribution in [0.5, 0.6) is 0 Å². The van der Waals surface area contributed by atoms with Gasteiger partial charge in [-0.25, -0.2) is 0 Å². The van der Waals surface area contributed by atoms with Gasteiger partial charge in [0.15, 0.2) is 0 Å². The van der Waals surface area contributed by atoms with E-state index in [0.717, 1.165) is 17.1 Å². The molecular formula is C55H43N. The normalized spacial score (nSPS) is 15.6. The Labute approximate surface area is 330 Å². The summed E-state index contributed by atoms with van der Waals surface area (Å²) >= 11 is 0. The molecule has 56 heavy (non-hydrogen) atoms. The molecule has 1 heteroatoms.